The van der Waals surface area contributed by atoms with E-state index in [-0.39, 0.29) is 53.3 Å². The number of benzene rings is 1. The quantitative estimate of drug-likeness (QED) is 0.489. The molecule has 0 bridgehead atoms. The fraction of sp³-hybridized carbons (Fsp3) is 0.417. The number of ketones is 1. The molecule has 1 heterocycles. The second-order valence-electron chi connectivity index (χ2n) is 4.74. The molecule has 1 aliphatic rings. The summed E-state index contributed by atoms with van der Waals surface area (Å²) in [4.78, 5) is 12.9. The zero-order valence-electron chi connectivity index (χ0n) is 10.7. The van der Waals surface area contributed by atoms with E-state index in [1.165, 1.54) is 12.1 Å². The molecule has 0 aromatic heterocycles. The molecule has 0 atom stereocenters. The Morgan fingerprint density at radius 1 is 1.10 bits per heavy atom. The maximum absolute atomic E-state index is 12.0. The fourth-order valence-corrected chi connectivity index (χ4v) is 3.49. The molecule has 1 saturated heterocycles. The van der Waals surface area contributed by atoms with Gasteiger partial charge in [0.05, 0.1) is 24.6 Å². The van der Waals surface area contributed by atoms with Crippen LogP contribution in [0.15, 0.2) is 18.2 Å². The maximum Gasteiger partial charge on any atom is 0.217 e. The van der Waals surface area contributed by atoms with Crippen molar-refractivity contribution in [1.29, 1.82) is 0 Å². The van der Waals surface area contributed by atoms with Gasteiger partial charge in [0.25, 0.3) is 0 Å². The van der Waals surface area contributed by atoms with Gasteiger partial charge in [-0.2, -0.15) is 0 Å². The molecule has 112 valence electrons. The number of phenols is 2. The summed E-state index contributed by atoms with van der Waals surface area (Å²) in [5.74, 6) is -0.360. The van der Waals surface area contributed by atoms with Crippen molar-refractivity contribution in [2.75, 3.05) is 31.1 Å². The van der Waals surface area contributed by atoms with E-state index in [0.29, 0.717) is 13.1 Å². The summed E-state index contributed by atoms with van der Waals surface area (Å²) >= 11 is 0. The van der Waals surface area contributed by atoms with Gasteiger partial charge in [0.1, 0.15) is 18.0 Å². The van der Waals surface area contributed by atoms with Gasteiger partial charge in [0.2, 0.25) is 5.78 Å². The van der Waals surface area contributed by atoms with Gasteiger partial charge in [-0.05, 0) is 12.1 Å². The number of carbonyl (C=O) groups excluding carboxylic acids is 1. The monoisotopic (exact) mass is 321 g/mol. The molecular weight excluding hydrogens is 306 g/mol. The molecule has 0 aliphatic carbocycles. The molecular formula is C12H16ClNO5S. The Bertz CT molecular complexity index is 568. The molecule has 0 amide bonds. The van der Waals surface area contributed by atoms with Crippen molar-refractivity contribution in [3.05, 3.63) is 23.8 Å². The van der Waals surface area contributed by atoms with Crippen LogP contribution in [0, 0.1) is 0 Å². The predicted octanol–water partition coefficient (Wildman–Crippen LogP) is -4.40. The van der Waals surface area contributed by atoms with Crippen molar-refractivity contribution in [3.8, 4) is 11.5 Å². The Morgan fingerprint density at radius 2 is 1.60 bits per heavy atom. The number of sulfone groups is 1. The summed E-state index contributed by atoms with van der Waals surface area (Å²) < 4.78 is 22.6. The summed E-state index contributed by atoms with van der Waals surface area (Å²) in [6.07, 6.45) is 0. The van der Waals surface area contributed by atoms with Gasteiger partial charge in [-0.15, -0.1) is 0 Å². The van der Waals surface area contributed by atoms with Crippen LogP contribution in [0.3, 0.4) is 0 Å². The summed E-state index contributed by atoms with van der Waals surface area (Å²) in [6, 6.07) is 3.74. The van der Waals surface area contributed by atoms with Crippen molar-refractivity contribution in [3.63, 3.8) is 0 Å². The number of Topliss-reactive ketones (excluding diaryl/α,β-unsaturated/α-hetero) is 1. The van der Waals surface area contributed by atoms with Crippen LogP contribution in [0.4, 0.5) is 0 Å². The van der Waals surface area contributed by atoms with Crippen molar-refractivity contribution in [2.24, 2.45) is 0 Å². The van der Waals surface area contributed by atoms with Crippen LogP contribution >= 0.6 is 0 Å². The summed E-state index contributed by atoms with van der Waals surface area (Å²) in [7, 11) is -2.94. The van der Waals surface area contributed by atoms with Crippen LogP contribution in [-0.4, -0.2) is 55.6 Å². The summed E-state index contributed by atoms with van der Waals surface area (Å²) in [5.41, 5.74) is 0.235. The molecule has 0 spiro atoms. The molecule has 0 radical (unpaired) electrons. The van der Waals surface area contributed by atoms with Crippen LogP contribution in [0.25, 0.3) is 0 Å². The number of carbonyl (C=O) groups is 1. The number of quaternary nitrogens is 1. The molecule has 3 N–H and O–H groups in total. The standard InChI is InChI=1S/C12H15NO5S.ClH/c14-10-5-9(6-11(15)7-10)12(16)8-13-1-3-19(17,18)4-2-13;/h5-7,14-15H,1-4,8H2;1H. The highest BCUT2D eigenvalue weighted by molar-refractivity contribution is 7.91. The number of hydrogen-bond donors (Lipinski definition) is 3. The topological polar surface area (TPSA) is 96.1 Å². The Kier molecular flexibility index (Phi) is 5.38. The van der Waals surface area contributed by atoms with Gasteiger partial charge in [-0.3, -0.25) is 4.79 Å². The van der Waals surface area contributed by atoms with Crippen LogP contribution in [0.1, 0.15) is 10.4 Å². The minimum absolute atomic E-state index is 0. The first-order valence-corrected chi connectivity index (χ1v) is 7.78. The fourth-order valence-electron chi connectivity index (χ4n) is 2.09. The first kappa shape index (κ1) is 16.7. The molecule has 2 rings (SSSR count). The third kappa shape index (κ3) is 4.36. The van der Waals surface area contributed by atoms with Crippen LogP contribution < -0.4 is 17.3 Å². The lowest BCUT2D eigenvalue weighted by atomic mass is 10.1. The van der Waals surface area contributed by atoms with E-state index in [4.69, 9.17) is 0 Å². The van der Waals surface area contributed by atoms with Crippen LogP contribution in [0.5, 0.6) is 11.5 Å². The Morgan fingerprint density at radius 3 is 2.10 bits per heavy atom. The Hall–Kier alpha value is -1.31. The number of nitrogens with one attached hydrogen (secondary N) is 1. The zero-order chi connectivity index (χ0) is 14.0. The lowest BCUT2D eigenvalue weighted by molar-refractivity contribution is -0.887. The normalized spacial score (nSPS) is 18.2. The highest BCUT2D eigenvalue weighted by Gasteiger charge is 2.26. The lowest BCUT2D eigenvalue weighted by Gasteiger charge is -2.22. The molecule has 1 aromatic carbocycles. The Labute approximate surface area is 123 Å². The first-order chi connectivity index (χ1) is 8.85. The minimum Gasteiger partial charge on any atom is -1.00 e. The zero-order valence-corrected chi connectivity index (χ0v) is 12.2. The van der Waals surface area contributed by atoms with E-state index in [2.05, 4.69) is 0 Å². The second-order valence-corrected chi connectivity index (χ2v) is 7.04. The lowest BCUT2D eigenvalue weighted by Crippen LogP contribution is -3.15. The molecule has 1 aliphatic heterocycles. The number of phenolic OH excluding ortho intramolecular Hbond substituents is 2. The third-order valence-corrected chi connectivity index (χ3v) is 4.82. The number of aromatic hydroxyl groups is 2. The smallest absolute Gasteiger partial charge is 0.217 e. The summed E-state index contributed by atoms with van der Waals surface area (Å²) in [6.45, 7) is 0.996. The van der Waals surface area contributed by atoms with E-state index in [1.807, 2.05) is 0 Å². The van der Waals surface area contributed by atoms with Gasteiger partial charge in [-0.25, -0.2) is 8.42 Å². The Balaban J connectivity index is 0.00000200. The van der Waals surface area contributed by atoms with E-state index in [1.54, 1.807) is 0 Å². The largest absolute Gasteiger partial charge is 1.00 e. The molecule has 1 aromatic rings. The third-order valence-electron chi connectivity index (χ3n) is 3.17. The van der Waals surface area contributed by atoms with Gasteiger partial charge in [-0.1, -0.05) is 0 Å². The first-order valence-electron chi connectivity index (χ1n) is 5.96. The molecule has 20 heavy (non-hydrogen) atoms. The minimum atomic E-state index is -2.94. The average molecular weight is 322 g/mol. The van der Waals surface area contributed by atoms with Crippen molar-refractivity contribution < 1.29 is 40.7 Å². The average Bonchev–Trinajstić information content (AvgIpc) is 2.30. The molecule has 1 fully saturated rings. The molecule has 8 heteroatoms. The van der Waals surface area contributed by atoms with Crippen LogP contribution in [-0.2, 0) is 9.84 Å². The van der Waals surface area contributed by atoms with Crippen molar-refractivity contribution in [2.45, 2.75) is 0 Å². The van der Waals surface area contributed by atoms with Crippen LogP contribution in [0.2, 0.25) is 0 Å². The predicted molar refractivity (Wildman–Crippen MR) is 68.3 cm³/mol. The number of rotatable bonds is 3. The maximum atomic E-state index is 12.0. The SMILES string of the molecule is O=C(C[NH+]1CCS(=O)(=O)CC1)c1cc(O)cc(O)c1.[Cl-]. The van der Waals surface area contributed by atoms with Gasteiger partial charge >= 0.3 is 0 Å². The van der Waals surface area contributed by atoms with E-state index >= 15 is 0 Å². The van der Waals surface area contributed by atoms with Crippen molar-refractivity contribution >= 4 is 15.6 Å². The van der Waals surface area contributed by atoms with E-state index in [0.717, 1.165) is 11.0 Å². The number of hydrogen-bond acceptors (Lipinski definition) is 5. The second kappa shape index (κ2) is 6.43. The highest BCUT2D eigenvalue weighted by atomic mass is 35.5. The summed E-state index contributed by atoms with van der Waals surface area (Å²) in [5, 5.41) is 18.6. The molecule has 0 unspecified atom stereocenters. The van der Waals surface area contributed by atoms with Gasteiger partial charge in [0, 0.05) is 11.6 Å². The molecule has 0 saturated carbocycles. The van der Waals surface area contributed by atoms with Gasteiger partial charge in [0.15, 0.2) is 9.84 Å². The molecule has 6 nitrogen and oxygen atoms in total. The highest BCUT2D eigenvalue weighted by Crippen LogP contribution is 2.20. The van der Waals surface area contributed by atoms with Gasteiger partial charge < -0.3 is 27.5 Å². The number of halogens is 1. The van der Waals surface area contributed by atoms with Crippen molar-refractivity contribution in [1.82, 2.24) is 0 Å². The van der Waals surface area contributed by atoms with E-state index in [9.17, 15) is 23.4 Å². The van der Waals surface area contributed by atoms with E-state index < -0.39 is 9.84 Å².